The SMILES string of the molecule is C=CCN1C=CN(C)C1OP(=O)(OC1N(C)C=CN1C)O[P+](=O)OP(=O)(OC1N(C)C=CN1C)OC1N(C)C=CN1CC=C. The lowest BCUT2D eigenvalue weighted by molar-refractivity contribution is -0.0745. The average Bonchev–Trinajstić information content (AvgIpc) is 3.66. The first-order chi connectivity index (χ1) is 20.8. The van der Waals surface area contributed by atoms with Gasteiger partial charge in [-0.15, -0.1) is 13.2 Å². The van der Waals surface area contributed by atoms with Crippen molar-refractivity contribution in [1.29, 1.82) is 0 Å². The molecule has 0 amide bonds. The van der Waals surface area contributed by atoms with Crippen molar-refractivity contribution < 1.29 is 40.4 Å². The summed E-state index contributed by atoms with van der Waals surface area (Å²) in [5, 5.41) is 0. The number of phosphoric ester groups is 2. The minimum Gasteiger partial charge on any atom is -0.337 e. The van der Waals surface area contributed by atoms with Gasteiger partial charge in [-0.1, -0.05) is 12.2 Å². The van der Waals surface area contributed by atoms with Crippen LogP contribution >= 0.6 is 23.9 Å². The largest absolute Gasteiger partial charge is 0.719 e. The molecule has 4 heterocycles. The first-order valence-corrected chi connectivity index (χ1v) is 17.4. The van der Waals surface area contributed by atoms with E-state index in [0.717, 1.165) is 0 Å². The molecule has 0 aromatic rings. The van der Waals surface area contributed by atoms with Gasteiger partial charge in [0.25, 0.3) is 0 Å². The van der Waals surface area contributed by atoms with E-state index in [-0.39, 0.29) is 0 Å². The van der Waals surface area contributed by atoms with Crippen LogP contribution in [0.5, 0.6) is 0 Å². The molecule has 0 saturated heterocycles. The summed E-state index contributed by atoms with van der Waals surface area (Å²) in [6.45, 7) is 8.12. The van der Waals surface area contributed by atoms with E-state index in [9.17, 15) is 13.7 Å². The Morgan fingerprint density at radius 3 is 1.16 bits per heavy atom. The van der Waals surface area contributed by atoms with Crippen LogP contribution in [0.1, 0.15) is 0 Å². The number of hydrogen-bond acceptors (Lipinski definition) is 17. The molecule has 0 aromatic carbocycles. The Bertz CT molecular complexity index is 1180. The highest BCUT2D eigenvalue weighted by Crippen LogP contribution is 2.66. The number of nitrogens with zero attached hydrogens (tertiary/aromatic N) is 8. The summed E-state index contributed by atoms with van der Waals surface area (Å²) < 4.78 is 76.1. The first-order valence-electron chi connectivity index (χ1n) is 13.4. The van der Waals surface area contributed by atoms with Crippen molar-refractivity contribution in [2.24, 2.45) is 0 Å². The highest BCUT2D eigenvalue weighted by molar-refractivity contribution is 7.62. The molecule has 0 aliphatic carbocycles. The van der Waals surface area contributed by atoms with Crippen LogP contribution in [0.25, 0.3) is 0 Å². The predicted molar refractivity (Wildman–Crippen MR) is 161 cm³/mol. The molecule has 0 radical (unpaired) electrons. The van der Waals surface area contributed by atoms with Gasteiger partial charge in [0.2, 0.25) is 25.4 Å². The molecule has 0 fully saturated rings. The maximum atomic E-state index is 14.2. The van der Waals surface area contributed by atoms with Crippen molar-refractivity contribution in [1.82, 2.24) is 39.2 Å². The van der Waals surface area contributed by atoms with E-state index in [1.165, 1.54) is 0 Å². The van der Waals surface area contributed by atoms with Crippen LogP contribution in [0, 0.1) is 0 Å². The fourth-order valence-electron chi connectivity index (χ4n) is 4.37. The van der Waals surface area contributed by atoms with Crippen LogP contribution in [0.2, 0.25) is 0 Å². The van der Waals surface area contributed by atoms with E-state index in [4.69, 9.17) is 26.7 Å². The second-order valence-corrected chi connectivity index (χ2v) is 14.6. The van der Waals surface area contributed by atoms with Crippen LogP contribution < -0.4 is 0 Å². The Hall–Kier alpha value is -2.84. The second-order valence-electron chi connectivity index (χ2n) is 10.2. The van der Waals surface area contributed by atoms with Crippen molar-refractivity contribution in [3.63, 3.8) is 0 Å². The molecule has 20 heteroatoms. The van der Waals surface area contributed by atoms with E-state index in [0.29, 0.717) is 13.1 Å². The van der Waals surface area contributed by atoms with Crippen molar-refractivity contribution in [2.75, 3.05) is 55.4 Å². The van der Waals surface area contributed by atoms with Crippen molar-refractivity contribution in [2.45, 2.75) is 25.4 Å². The molecule has 0 aromatic heterocycles. The van der Waals surface area contributed by atoms with Gasteiger partial charge in [0, 0.05) is 110 Å². The Morgan fingerprint density at radius 2 is 0.841 bits per heavy atom. The molecule has 0 saturated carbocycles. The molecule has 4 unspecified atom stereocenters. The van der Waals surface area contributed by atoms with Gasteiger partial charge in [-0.2, -0.15) is 0 Å². The number of phosphoric acid groups is 2. The summed E-state index contributed by atoms with van der Waals surface area (Å²) in [6, 6.07) is 0. The smallest absolute Gasteiger partial charge is 0.337 e. The van der Waals surface area contributed by atoms with Crippen molar-refractivity contribution in [3.05, 3.63) is 74.9 Å². The lowest BCUT2D eigenvalue weighted by Crippen LogP contribution is -2.41. The zero-order valence-corrected chi connectivity index (χ0v) is 28.2. The predicted octanol–water partition coefficient (Wildman–Crippen LogP) is 3.60. The van der Waals surface area contributed by atoms with Gasteiger partial charge in [0.05, 0.1) is 0 Å². The molecule has 4 atom stereocenters. The fourth-order valence-corrected chi connectivity index (χ4v) is 8.84. The second kappa shape index (κ2) is 14.1. The Morgan fingerprint density at radius 1 is 0.568 bits per heavy atom. The zero-order chi connectivity index (χ0) is 32.2. The van der Waals surface area contributed by atoms with Crippen molar-refractivity contribution >= 4 is 23.9 Å². The van der Waals surface area contributed by atoms with E-state index >= 15 is 0 Å². The molecule has 0 N–H and O–H groups in total. The molecular weight excluding hydrogens is 637 g/mol. The summed E-state index contributed by atoms with van der Waals surface area (Å²) in [5.74, 6) is 0. The van der Waals surface area contributed by atoms with Crippen molar-refractivity contribution in [3.8, 4) is 0 Å². The molecule has 17 nitrogen and oxygen atoms in total. The van der Waals surface area contributed by atoms with E-state index in [1.54, 1.807) is 143 Å². The summed E-state index contributed by atoms with van der Waals surface area (Å²) >= 11 is 0. The highest BCUT2D eigenvalue weighted by atomic mass is 31.3. The normalized spacial score (nSPS) is 25.2. The highest BCUT2D eigenvalue weighted by Gasteiger charge is 2.54. The van der Waals surface area contributed by atoms with Gasteiger partial charge >= 0.3 is 23.9 Å². The molecule has 4 rings (SSSR count). The average molecular weight is 678 g/mol. The van der Waals surface area contributed by atoms with Gasteiger partial charge < -0.3 is 39.2 Å². The van der Waals surface area contributed by atoms with Gasteiger partial charge in [-0.05, 0) is 8.62 Å². The molecule has 0 bridgehead atoms. The van der Waals surface area contributed by atoms with Crippen LogP contribution in [0.3, 0.4) is 0 Å². The first kappa shape index (κ1) is 34.0. The quantitative estimate of drug-likeness (QED) is 0.174. The molecular formula is C24H40N8O9P3+. The molecule has 244 valence electrons. The summed E-state index contributed by atoms with van der Waals surface area (Å²) in [7, 11) is -2.97. The van der Waals surface area contributed by atoms with Gasteiger partial charge in [0.1, 0.15) is 0 Å². The number of rotatable bonds is 16. The van der Waals surface area contributed by atoms with Gasteiger partial charge in [-0.3, -0.25) is 0 Å². The van der Waals surface area contributed by atoms with Gasteiger partial charge in [-0.25, -0.2) is 27.2 Å². The molecule has 4 aliphatic heterocycles. The Kier molecular flexibility index (Phi) is 10.9. The number of hydrogen-bond donors (Lipinski definition) is 0. The maximum Gasteiger partial charge on any atom is 0.719 e. The maximum absolute atomic E-state index is 14.2. The van der Waals surface area contributed by atoms with Crippen LogP contribution in [-0.4, -0.2) is 120 Å². The standard InChI is InChI=1S/C24H40N8O9P3/c1-9-11-31-19-17-29(7)23(31)38-43(34,36-21-25(3)13-14-26(21)4)40-42(33)41-44(35,37-22-27(5)15-16-28(22)6)39-24-30(8)18-20-32(24)12-10-2/h9-10,13-24H,1-2,11-12H2,3-8H3/q+1. The third-order valence-electron chi connectivity index (χ3n) is 6.62. The molecule has 44 heavy (non-hydrogen) atoms. The van der Waals surface area contributed by atoms with E-state index in [1.807, 2.05) is 0 Å². The monoisotopic (exact) mass is 677 g/mol. The Labute approximate surface area is 259 Å². The lowest BCUT2D eigenvalue weighted by atomic mass is 10.5. The molecule has 4 aliphatic rings. The van der Waals surface area contributed by atoms with Crippen LogP contribution in [-0.2, 0) is 40.4 Å². The third-order valence-corrected chi connectivity index (χ3v) is 11.1. The summed E-state index contributed by atoms with van der Waals surface area (Å²) in [6.07, 6.45) is 12.9. The van der Waals surface area contributed by atoms with E-state index in [2.05, 4.69) is 13.2 Å². The van der Waals surface area contributed by atoms with Crippen LogP contribution in [0.15, 0.2) is 74.9 Å². The summed E-state index contributed by atoms with van der Waals surface area (Å²) in [4.78, 5) is 12.9. The third kappa shape index (κ3) is 7.86. The summed E-state index contributed by atoms with van der Waals surface area (Å²) in [5.41, 5.74) is 0. The van der Waals surface area contributed by atoms with E-state index < -0.39 is 49.3 Å². The minimum absolute atomic E-state index is 0.330. The fraction of sp³-hybridized carbons (Fsp3) is 0.500. The zero-order valence-electron chi connectivity index (χ0n) is 25.5. The Balaban J connectivity index is 1.58. The minimum atomic E-state index is -4.77. The topological polar surface area (TPSA) is 133 Å². The van der Waals surface area contributed by atoms with Crippen LogP contribution in [0.4, 0.5) is 0 Å². The lowest BCUT2D eigenvalue weighted by Gasteiger charge is -2.33. The van der Waals surface area contributed by atoms with Gasteiger partial charge in [0.15, 0.2) is 0 Å². The molecule has 0 spiro atoms.